The second-order valence-corrected chi connectivity index (χ2v) is 4.99. The molecule has 23 heavy (non-hydrogen) atoms. The number of nitrogens with zero attached hydrogens (tertiary/aromatic N) is 1. The Morgan fingerprint density at radius 2 is 1.87 bits per heavy atom. The highest BCUT2D eigenvalue weighted by molar-refractivity contribution is 6.33. The molecule has 2 rings (SSSR count). The van der Waals surface area contributed by atoms with Crippen LogP contribution in [-0.4, -0.2) is 10.9 Å². The lowest BCUT2D eigenvalue weighted by molar-refractivity contribution is -0.137. The number of hydrogen-bond donors (Lipinski definition) is 2. The fraction of sp³-hybridized carbons (Fsp3) is 0.143. The Bertz CT molecular complexity index is 719. The van der Waals surface area contributed by atoms with Crippen molar-refractivity contribution in [2.24, 2.45) is 5.73 Å². The number of primary amides is 1. The summed E-state index contributed by atoms with van der Waals surface area (Å²) in [7, 11) is 0. The van der Waals surface area contributed by atoms with E-state index in [-0.39, 0.29) is 10.8 Å². The number of hydrogen-bond acceptors (Lipinski definition) is 3. The van der Waals surface area contributed by atoms with Crippen molar-refractivity contribution in [3.8, 4) is 0 Å². The first-order chi connectivity index (χ1) is 10.7. The van der Waals surface area contributed by atoms with Crippen LogP contribution >= 0.6 is 11.6 Å². The number of carbonyl (C=O) groups is 1. The largest absolute Gasteiger partial charge is 0.417 e. The van der Waals surface area contributed by atoms with Gasteiger partial charge in [-0.05, 0) is 23.8 Å². The molecule has 0 radical (unpaired) electrons. The number of amides is 1. The van der Waals surface area contributed by atoms with Crippen molar-refractivity contribution in [2.75, 3.05) is 5.32 Å². The molecule has 1 unspecified atom stereocenters. The summed E-state index contributed by atoms with van der Waals surface area (Å²) < 4.78 is 50.6. The Hall–Kier alpha value is -2.35. The average Bonchev–Trinajstić information content (AvgIpc) is 2.46. The van der Waals surface area contributed by atoms with Crippen molar-refractivity contribution in [1.29, 1.82) is 0 Å². The van der Waals surface area contributed by atoms with Gasteiger partial charge in [0.1, 0.15) is 17.7 Å². The first kappa shape index (κ1) is 17.0. The molecule has 0 spiro atoms. The number of benzene rings is 1. The maximum absolute atomic E-state index is 12.9. The highest BCUT2D eigenvalue weighted by atomic mass is 35.5. The zero-order valence-corrected chi connectivity index (χ0v) is 12.1. The molecule has 1 aromatic heterocycles. The number of anilines is 1. The van der Waals surface area contributed by atoms with Crippen molar-refractivity contribution < 1.29 is 22.4 Å². The summed E-state index contributed by atoms with van der Waals surface area (Å²) in [5.74, 6) is -1.48. The number of halogens is 5. The number of nitrogens with two attached hydrogens (primary N) is 1. The monoisotopic (exact) mass is 347 g/mol. The molecule has 9 heteroatoms. The molecule has 1 heterocycles. The van der Waals surface area contributed by atoms with Crippen molar-refractivity contribution in [2.45, 2.75) is 12.2 Å². The summed E-state index contributed by atoms with van der Waals surface area (Å²) in [5, 5.41) is 2.23. The molecule has 1 amide bonds. The molecule has 1 atom stereocenters. The van der Waals surface area contributed by atoms with Crippen LogP contribution in [0.5, 0.6) is 0 Å². The second-order valence-electron chi connectivity index (χ2n) is 4.58. The van der Waals surface area contributed by atoms with E-state index in [1.165, 1.54) is 12.1 Å². The summed E-state index contributed by atoms with van der Waals surface area (Å²) in [6.45, 7) is 0. The van der Waals surface area contributed by atoms with E-state index in [1.807, 2.05) is 0 Å². The smallest absolute Gasteiger partial charge is 0.368 e. The van der Waals surface area contributed by atoms with Crippen LogP contribution in [0.15, 0.2) is 36.5 Å². The van der Waals surface area contributed by atoms with Crippen molar-refractivity contribution in [3.05, 3.63) is 58.5 Å². The predicted octanol–water partition coefficient (Wildman–Crippen LogP) is 3.53. The minimum absolute atomic E-state index is 0.146. The Labute approximate surface area is 133 Å². The number of carbonyl (C=O) groups excluding carboxylic acids is 1. The standard InChI is InChI=1S/C14H10ClF4N3O/c15-10-5-8(14(17,18)19)6-21-13(10)22-11(12(20)23)7-1-3-9(16)4-2-7/h1-6,11H,(H2,20,23)(H,21,22). The zero-order chi connectivity index (χ0) is 17.2. The number of aromatic nitrogens is 1. The quantitative estimate of drug-likeness (QED) is 0.831. The maximum Gasteiger partial charge on any atom is 0.417 e. The average molecular weight is 348 g/mol. The van der Waals surface area contributed by atoms with E-state index in [2.05, 4.69) is 10.3 Å². The van der Waals surface area contributed by atoms with Gasteiger partial charge in [0.25, 0.3) is 0 Å². The van der Waals surface area contributed by atoms with Gasteiger partial charge in [-0.2, -0.15) is 13.2 Å². The fourth-order valence-electron chi connectivity index (χ4n) is 1.81. The first-order valence-corrected chi connectivity index (χ1v) is 6.60. The maximum atomic E-state index is 12.9. The summed E-state index contributed by atoms with van der Waals surface area (Å²) in [6.07, 6.45) is -4.01. The van der Waals surface area contributed by atoms with Crippen LogP contribution in [0.2, 0.25) is 5.02 Å². The molecule has 0 aliphatic rings. The molecular formula is C14H10ClF4N3O. The molecular weight excluding hydrogens is 338 g/mol. The molecule has 2 aromatic rings. The third-order valence-corrected chi connectivity index (χ3v) is 3.23. The summed E-state index contributed by atoms with van der Waals surface area (Å²) in [5.41, 5.74) is 4.55. The normalized spacial score (nSPS) is 12.7. The second kappa shape index (κ2) is 6.41. The van der Waals surface area contributed by atoms with Gasteiger partial charge in [0.15, 0.2) is 0 Å². The Morgan fingerprint density at radius 3 is 2.35 bits per heavy atom. The zero-order valence-electron chi connectivity index (χ0n) is 11.4. The lowest BCUT2D eigenvalue weighted by Gasteiger charge is -2.18. The molecule has 0 saturated heterocycles. The lowest BCUT2D eigenvalue weighted by atomic mass is 10.1. The van der Waals surface area contributed by atoms with Gasteiger partial charge >= 0.3 is 6.18 Å². The summed E-state index contributed by atoms with van der Waals surface area (Å²) in [6, 6.07) is 4.42. The predicted molar refractivity (Wildman–Crippen MR) is 76.2 cm³/mol. The van der Waals surface area contributed by atoms with E-state index in [9.17, 15) is 22.4 Å². The van der Waals surface area contributed by atoms with Gasteiger partial charge in [0, 0.05) is 6.20 Å². The van der Waals surface area contributed by atoms with Gasteiger partial charge in [-0.3, -0.25) is 4.79 Å². The molecule has 0 saturated carbocycles. The minimum Gasteiger partial charge on any atom is -0.368 e. The van der Waals surface area contributed by atoms with Gasteiger partial charge in [-0.15, -0.1) is 0 Å². The van der Waals surface area contributed by atoms with E-state index >= 15 is 0 Å². The lowest BCUT2D eigenvalue weighted by Crippen LogP contribution is -2.28. The number of alkyl halides is 3. The third kappa shape index (κ3) is 4.10. The van der Waals surface area contributed by atoms with Gasteiger partial charge in [0.2, 0.25) is 5.91 Å². The van der Waals surface area contributed by atoms with E-state index in [0.29, 0.717) is 17.8 Å². The minimum atomic E-state index is -4.59. The molecule has 0 aliphatic carbocycles. The van der Waals surface area contributed by atoms with Crippen LogP contribution in [-0.2, 0) is 11.0 Å². The molecule has 122 valence electrons. The van der Waals surface area contributed by atoms with Crippen LogP contribution in [0.3, 0.4) is 0 Å². The van der Waals surface area contributed by atoms with Crippen LogP contribution < -0.4 is 11.1 Å². The fourth-order valence-corrected chi connectivity index (χ4v) is 2.03. The first-order valence-electron chi connectivity index (χ1n) is 6.22. The Morgan fingerprint density at radius 1 is 1.26 bits per heavy atom. The number of pyridine rings is 1. The SMILES string of the molecule is NC(=O)C(Nc1ncc(C(F)(F)F)cc1Cl)c1ccc(F)cc1. The van der Waals surface area contributed by atoms with Crippen molar-refractivity contribution >= 4 is 23.3 Å². The van der Waals surface area contributed by atoms with E-state index in [4.69, 9.17) is 17.3 Å². The number of nitrogens with one attached hydrogen (secondary N) is 1. The van der Waals surface area contributed by atoms with Crippen LogP contribution in [0, 0.1) is 5.82 Å². The molecule has 3 N–H and O–H groups in total. The topological polar surface area (TPSA) is 68.0 Å². The van der Waals surface area contributed by atoms with E-state index in [0.717, 1.165) is 12.1 Å². The van der Waals surface area contributed by atoms with E-state index < -0.39 is 29.5 Å². The van der Waals surface area contributed by atoms with Gasteiger partial charge in [-0.1, -0.05) is 23.7 Å². The molecule has 0 bridgehead atoms. The summed E-state index contributed by atoms with van der Waals surface area (Å²) in [4.78, 5) is 15.1. The van der Waals surface area contributed by atoms with Gasteiger partial charge in [0.05, 0.1) is 10.6 Å². The van der Waals surface area contributed by atoms with Crippen molar-refractivity contribution in [1.82, 2.24) is 4.98 Å². The third-order valence-electron chi connectivity index (χ3n) is 2.94. The molecule has 0 fully saturated rings. The number of rotatable bonds is 4. The van der Waals surface area contributed by atoms with Crippen LogP contribution in [0.25, 0.3) is 0 Å². The highest BCUT2D eigenvalue weighted by Gasteiger charge is 2.32. The van der Waals surface area contributed by atoms with Gasteiger partial charge in [-0.25, -0.2) is 9.37 Å². The molecule has 1 aromatic carbocycles. The molecule has 4 nitrogen and oxygen atoms in total. The Kier molecular flexibility index (Phi) is 4.74. The van der Waals surface area contributed by atoms with Crippen LogP contribution in [0.4, 0.5) is 23.4 Å². The highest BCUT2D eigenvalue weighted by Crippen LogP contribution is 2.33. The van der Waals surface area contributed by atoms with Crippen molar-refractivity contribution in [3.63, 3.8) is 0 Å². The Balaban J connectivity index is 2.31. The molecule has 0 aliphatic heterocycles. The van der Waals surface area contributed by atoms with E-state index in [1.54, 1.807) is 0 Å². The van der Waals surface area contributed by atoms with Crippen LogP contribution in [0.1, 0.15) is 17.2 Å². The van der Waals surface area contributed by atoms with Gasteiger partial charge < -0.3 is 11.1 Å². The summed E-state index contributed by atoms with van der Waals surface area (Å²) >= 11 is 5.76.